The summed E-state index contributed by atoms with van der Waals surface area (Å²) < 4.78 is 145. The molecule has 4 unspecified atom stereocenters. The summed E-state index contributed by atoms with van der Waals surface area (Å²) >= 11 is 0. The fourth-order valence-corrected chi connectivity index (χ4v) is 4.90. The van der Waals surface area contributed by atoms with Crippen LogP contribution in [-0.2, 0) is 23.9 Å². The van der Waals surface area contributed by atoms with Gasteiger partial charge in [0, 0.05) is 0 Å². The van der Waals surface area contributed by atoms with Crippen LogP contribution in [0.1, 0.15) is 6.42 Å². The number of amides is 2. The zero-order valence-electron chi connectivity index (χ0n) is 13.4. The van der Waals surface area contributed by atoms with Crippen molar-refractivity contribution in [2.45, 2.75) is 35.3 Å². The molecular weight excluding hydrogens is 453 g/mol. The minimum absolute atomic E-state index is 0.641. The van der Waals surface area contributed by atoms with Gasteiger partial charge < -0.3 is 0 Å². The number of halogens is 9. The monoisotopic (exact) mass is 461 g/mol. The molecule has 1 aliphatic heterocycles. The molecule has 0 aromatic carbocycles. The van der Waals surface area contributed by atoms with Crippen molar-refractivity contribution in [2.75, 3.05) is 0 Å². The minimum Gasteiger partial charge on any atom is -0.296 e. The van der Waals surface area contributed by atoms with Crippen LogP contribution < -0.4 is 5.32 Å². The van der Waals surface area contributed by atoms with Crippen molar-refractivity contribution in [1.82, 2.24) is 5.32 Å². The van der Waals surface area contributed by atoms with Gasteiger partial charge in [-0.25, -0.2) is 0 Å². The number of allylic oxidation sites excluding steroid dienone is 1. The van der Waals surface area contributed by atoms with Crippen LogP contribution in [0, 0.1) is 17.8 Å². The van der Waals surface area contributed by atoms with Gasteiger partial charge in [-0.05, 0) is 12.3 Å². The van der Waals surface area contributed by atoms with Crippen LogP contribution in [0.4, 0.5) is 39.5 Å². The van der Waals surface area contributed by atoms with E-state index in [-0.39, 0.29) is 0 Å². The lowest BCUT2D eigenvalue weighted by atomic mass is 9.83. The molecular formula is C13H8F9NO5S. The Kier molecular flexibility index (Phi) is 4.26. The third kappa shape index (κ3) is 2.56. The first-order valence-electron chi connectivity index (χ1n) is 7.52. The number of hydrogen-bond acceptors (Lipinski definition) is 5. The normalized spacial score (nSPS) is 32.7. The maximum absolute atomic E-state index is 13.9. The quantitative estimate of drug-likeness (QED) is 0.293. The van der Waals surface area contributed by atoms with E-state index in [0.717, 1.165) is 6.08 Å². The second-order valence-corrected chi connectivity index (χ2v) is 8.33. The number of carbonyl (C=O) groups is 2. The molecule has 2 amide bonds. The van der Waals surface area contributed by atoms with Crippen molar-refractivity contribution >= 4 is 21.9 Å². The molecule has 16 heteroatoms. The SMILES string of the molecule is O=C1NC(=O)C2C1C1C=CC2(OS(=O)(=O)C(F)(F)C(F)(F)C(F)(F)C(F)(F)F)C1. The first kappa shape index (κ1) is 21.9. The van der Waals surface area contributed by atoms with Gasteiger partial charge in [0.2, 0.25) is 11.8 Å². The van der Waals surface area contributed by atoms with Crippen LogP contribution in [0.25, 0.3) is 0 Å². The largest absolute Gasteiger partial charge is 0.460 e. The molecule has 1 saturated heterocycles. The molecule has 1 heterocycles. The van der Waals surface area contributed by atoms with Crippen molar-refractivity contribution in [3.8, 4) is 0 Å². The van der Waals surface area contributed by atoms with Crippen LogP contribution in [0.15, 0.2) is 12.2 Å². The Balaban J connectivity index is 2.01. The van der Waals surface area contributed by atoms with Gasteiger partial charge in [0.05, 0.1) is 11.8 Å². The topological polar surface area (TPSA) is 89.5 Å². The molecule has 3 aliphatic rings. The third-order valence-corrected chi connectivity index (χ3v) is 6.47. The van der Waals surface area contributed by atoms with E-state index in [2.05, 4.69) is 4.18 Å². The zero-order chi connectivity index (χ0) is 22.4. The molecule has 1 N–H and O–H groups in total. The zero-order valence-corrected chi connectivity index (χ0v) is 14.3. The summed E-state index contributed by atoms with van der Waals surface area (Å²) in [7, 11) is -7.17. The highest BCUT2D eigenvalue weighted by Crippen LogP contribution is 2.59. The first-order valence-corrected chi connectivity index (χ1v) is 8.93. The molecule has 6 nitrogen and oxygen atoms in total. The highest BCUT2D eigenvalue weighted by molar-refractivity contribution is 7.87. The number of alkyl halides is 9. The molecule has 2 bridgehead atoms. The predicted octanol–water partition coefficient (Wildman–Crippen LogP) is 1.98. The predicted molar refractivity (Wildman–Crippen MR) is 71.0 cm³/mol. The molecule has 4 atom stereocenters. The summed E-state index contributed by atoms with van der Waals surface area (Å²) in [6.45, 7) is 0. The highest BCUT2D eigenvalue weighted by atomic mass is 32.2. The van der Waals surface area contributed by atoms with E-state index >= 15 is 0 Å². The van der Waals surface area contributed by atoms with Gasteiger partial charge in [0.1, 0.15) is 5.60 Å². The Hall–Kier alpha value is -1.84. The number of rotatable bonds is 5. The molecule has 0 aromatic rings. The molecule has 3 rings (SSSR count). The second kappa shape index (κ2) is 5.65. The summed E-state index contributed by atoms with van der Waals surface area (Å²) in [6.07, 6.45) is -6.10. The summed E-state index contributed by atoms with van der Waals surface area (Å²) in [5.74, 6) is -21.0. The van der Waals surface area contributed by atoms with Crippen LogP contribution in [0.2, 0.25) is 0 Å². The Morgan fingerprint density at radius 1 is 0.966 bits per heavy atom. The van der Waals surface area contributed by atoms with E-state index in [9.17, 15) is 57.5 Å². The van der Waals surface area contributed by atoms with Gasteiger partial charge in [-0.2, -0.15) is 47.9 Å². The van der Waals surface area contributed by atoms with E-state index in [4.69, 9.17) is 0 Å². The lowest BCUT2D eigenvalue weighted by molar-refractivity contribution is -0.383. The Morgan fingerprint density at radius 3 is 2.03 bits per heavy atom. The van der Waals surface area contributed by atoms with Gasteiger partial charge in [-0.1, -0.05) is 12.2 Å². The molecule has 0 aromatic heterocycles. The van der Waals surface area contributed by atoms with Crippen molar-refractivity contribution < 1.29 is 61.7 Å². The number of hydrogen-bond donors (Lipinski definition) is 1. The standard InChI is InChI=1S/C13H8F9NO5S/c14-10(15,12(18,19)20)11(16,17)13(21,22)29(26,27)28-9-2-1-4(3-9)5-6(9)8(25)23-7(5)24/h1-2,4-6H,3H2,(H,23,24,25). The van der Waals surface area contributed by atoms with Crippen LogP contribution in [0.3, 0.4) is 0 Å². The highest BCUT2D eigenvalue weighted by Gasteiger charge is 2.86. The van der Waals surface area contributed by atoms with E-state index < -0.39 is 75.0 Å². The van der Waals surface area contributed by atoms with Gasteiger partial charge in [-0.15, -0.1) is 0 Å². The first-order chi connectivity index (χ1) is 12.8. The number of carbonyl (C=O) groups excluding carboxylic acids is 2. The Labute approximate surface area is 155 Å². The second-order valence-electron chi connectivity index (χ2n) is 6.74. The van der Waals surface area contributed by atoms with Crippen molar-refractivity contribution in [3.05, 3.63) is 12.2 Å². The van der Waals surface area contributed by atoms with E-state index in [0.29, 0.717) is 6.08 Å². The van der Waals surface area contributed by atoms with Crippen LogP contribution in [0.5, 0.6) is 0 Å². The van der Waals surface area contributed by atoms with Gasteiger partial charge in [0.15, 0.2) is 0 Å². The Morgan fingerprint density at radius 2 is 1.52 bits per heavy atom. The van der Waals surface area contributed by atoms with E-state index in [1.54, 1.807) is 5.32 Å². The molecule has 164 valence electrons. The summed E-state index contributed by atoms with van der Waals surface area (Å²) in [6, 6.07) is 0. The number of imide groups is 1. The molecule has 29 heavy (non-hydrogen) atoms. The average Bonchev–Trinajstić information content (AvgIpc) is 3.16. The van der Waals surface area contributed by atoms with E-state index in [1.165, 1.54) is 0 Å². The van der Waals surface area contributed by atoms with Gasteiger partial charge in [0.25, 0.3) is 0 Å². The van der Waals surface area contributed by atoms with Crippen molar-refractivity contribution in [2.24, 2.45) is 17.8 Å². The summed E-state index contributed by atoms with van der Waals surface area (Å²) in [4.78, 5) is 23.5. The molecule has 1 saturated carbocycles. The average molecular weight is 461 g/mol. The fraction of sp³-hybridized carbons (Fsp3) is 0.692. The van der Waals surface area contributed by atoms with Crippen molar-refractivity contribution in [1.29, 1.82) is 0 Å². The maximum atomic E-state index is 13.9. The molecule has 0 radical (unpaired) electrons. The lowest BCUT2D eigenvalue weighted by Gasteiger charge is -2.35. The van der Waals surface area contributed by atoms with Crippen LogP contribution >= 0.6 is 0 Å². The van der Waals surface area contributed by atoms with Crippen LogP contribution in [-0.4, -0.2) is 49.1 Å². The number of nitrogens with one attached hydrogen (secondary N) is 1. The van der Waals surface area contributed by atoms with Gasteiger partial charge >= 0.3 is 33.4 Å². The molecule has 0 spiro atoms. The lowest BCUT2D eigenvalue weighted by Crippen LogP contribution is -2.64. The minimum atomic E-state index is -7.46. The third-order valence-electron chi connectivity index (χ3n) is 5.05. The number of fused-ring (bicyclic) bond motifs is 5. The molecule has 2 aliphatic carbocycles. The maximum Gasteiger partial charge on any atom is 0.460 e. The van der Waals surface area contributed by atoms with Gasteiger partial charge in [-0.3, -0.25) is 19.1 Å². The Bertz CT molecular complexity index is 912. The summed E-state index contributed by atoms with van der Waals surface area (Å²) in [5, 5.41) is -5.30. The fourth-order valence-electron chi connectivity index (χ4n) is 3.72. The summed E-state index contributed by atoms with van der Waals surface area (Å²) in [5.41, 5.74) is -2.61. The smallest absolute Gasteiger partial charge is 0.296 e. The van der Waals surface area contributed by atoms with Crippen molar-refractivity contribution in [3.63, 3.8) is 0 Å². The molecule has 2 fully saturated rings. The van der Waals surface area contributed by atoms with E-state index in [1.807, 2.05) is 0 Å².